The van der Waals surface area contributed by atoms with Crippen LogP contribution in [0.5, 0.6) is 0 Å². The van der Waals surface area contributed by atoms with Gasteiger partial charge in [-0.15, -0.1) is 0 Å². The highest BCUT2D eigenvalue weighted by atomic mass is 79.9. The van der Waals surface area contributed by atoms with Crippen molar-refractivity contribution in [3.05, 3.63) is 0 Å². The first-order chi connectivity index (χ1) is 4.29. The molecule has 2 nitrogen and oxygen atoms in total. The number of carbonyl (C=O) groups is 1. The highest BCUT2D eigenvalue weighted by Gasteiger charge is 2.13. The number of hydrogen-bond donors (Lipinski definition) is 0. The largest absolute Gasteiger partial charge is 0.466 e. The smallest absolute Gasteiger partial charge is 0.305 e. The van der Waals surface area contributed by atoms with Gasteiger partial charge in [0.05, 0.1) is 6.61 Å². The number of carbonyl (C=O) groups excluding carboxylic acids is 1. The second kappa shape index (κ2) is 3.20. The van der Waals surface area contributed by atoms with Crippen LogP contribution < -0.4 is 0 Å². The monoisotopic (exact) mass is 192 g/mol. The summed E-state index contributed by atoms with van der Waals surface area (Å²) in [7, 11) is 0. The normalized spacial score (nSPS) is 29.0. The Labute approximate surface area is 62.7 Å². The zero-order valence-electron chi connectivity index (χ0n) is 5.10. The van der Waals surface area contributed by atoms with Gasteiger partial charge in [-0.05, 0) is 12.8 Å². The average Bonchev–Trinajstić information content (AvgIpc) is 1.97. The molecule has 1 unspecified atom stereocenters. The number of hydrogen-bond acceptors (Lipinski definition) is 2. The Morgan fingerprint density at radius 1 is 1.56 bits per heavy atom. The number of esters is 1. The number of rotatable bonds is 0. The van der Waals surface area contributed by atoms with Gasteiger partial charge in [0, 0.05) is 11.2 Å². The molecule has 0 aromatic rings. The van der Waals surface area contributed by atoms with Crippen molar-refractivity contribution in [3.63, 3.8) is 0 Å². The van der Waals surface area contributed by atoms with Gasteiger partial charge in [-0.2, -0.15) is 0 Å². The number of ether oxygens (including phenoxy) is 1. The van der Waals surface area contributed by atoms with Crippen LogP contribution in [-0.2, 0) is 9.53 Å². The number of alkyl halides is 1. The first-order valence-electron chi connectivity index (χ1n) is 3.09. The number of halogens is 1. The molecule has 0 amide bonds. The topological polar surface area (TPSA) is 26.3 Å². The summed E-state index contributed by atoms with van der Waals surface area (Å²) in [4.78, 5) is 11.1. The van der Waals surface area contributed by atoms with E-state index < -0.39 is 0 Å². The quantitative estimate of drug-likeness (QED) is 0.430. The van der Waals surface area contributed by atoms with Crippen LogP contribution in [0.15, 0.2) is 0 Å². The van der Waals surface area contributed by atoms with Crippen LogP contribution >= 0.6 is 15.9 Å². The Kier molecular flexibility index (Phi) is 2.51. The Hall–Kier alpha value is -0.0500. The zero-order valence-corrected chi connectivity index (χ0v) is 6.69. The van der Waals surface area contributed by atoms with E-state index in [0.29, 0.717) is 17.9 Å². The molecule has 0 aromatic carbocycles. The van der Waals surface area contributed by atoms with Gasteiger partial charge in [0.15, 0.2) is 0 Å². The highest BCUT2D eigenvalue weighted by molar-refractivity contribution is 9.09. The molecule has 52 valence electrons. The van der Waals surface area contributed by atoms with Gasteiger partial charge in [0.25, 0.3) is 0 Å². The van der Waals surface area contributed by atoms with Crippen molar-refractivity contribution in [2.24, 2.45) is 0 Å². The van der Waals surface area contributed by atoms with Crippen LogP contribution in [0, 0.1) is 0 Å². The molecule has 1 rings (SSSR count). The summed E-state index contributed by atoms with van der Waals surface area (Å²) >= 11 is 3.43. The molecule has 0 saturated carbocycles. The van der Waals surface area contributed by atoms with Crippen molar-refractivity contribution < 1.29 is 9.53 Å². The maximum absolute atomic E-state index is 10.6. The summed E-state index contributed by atoms with van der Waals surface area (Å²) in [6.07, 6.45) is 2.43. The minimum absolute atomic E-state index is 0.0584. The minimum Gasteiger partial charge on any atom is -0.466 e. The van der Waals surface area contributed by atoms with Gasteiger partial charge in [-0.25, -0.2) is 0 Å². The van der Waals surface area contributed by atoms with Gasteiger partial charge >= 0.3 is 5.97 Å². The summed E-state index contributed by atoms with van der Waals surface area (Å²) in [6, 6.07) is 0. The fourth-order valence-corrected chi connectivity index (χ4v) is 1.21. The van der Waals surface area contributed by atoms with E-state index in [1.54, 1.807) is 0 Å². The zero-order chi connectivity index (χ0) is 6.69. The van der Waals surface area contributed by atoms with Crippen molar-refractivity contribution in [3.8, 4) is 0 Å². The van der Waals surface area contributed by atoms with Crippen LogP contribution in [0.4, 0.5) is 0 Å². The van der Waals surface area contributed by atoms with Crippen LogP contribution in [0.25, 0.3) is 0 Å². The molecule has 1 aliphatic heterocycles. The predicted molar refractivity (Wildman–Crippen MR) is 37.5 cm³/mol. The maximum Gasteiger partial charge on any atom is 0.305 e. The minimum atomic E-state index is -0.0584. The molecule has 9 heavy (non-hydrogen) atoms. The van der Waals surface area contributed by atoms with Crippen LogP contribution in [-0.4, -0.2) is 17.4 Å². The lowest BCUT2D eigenvalue weighted by molar-refractivity contribution is -0.142. The van der Waals surface area contributed by atoms with Crippen LogP contribution in [0.2, 0.25) is 0 Å². The molecule has 3 heteroatoms. The molecular formula is C6H9BrO2. The Morgan fingerprint density at radius 2 is 2.33 bits per heavy atom. The van der Waals surface area contributed by atoms with Crippen LogP contribution in [0.3, 0.4) is 0 Å². The summed E-state index contributed by atoms with van der Waals surface area (Å²) in [6.45, 7) is 0.578. The van der Waals surface area contributed by atoms with Gasteiger partial charge in [0.2, 0.25) is 0 Å². The van der Waals surface area contributed by atoms with E-state index in [2.05, 4.69) is 15.9 Å². The molecule has 0 radical (unpaired) electrons. The molecular weight excluding hydrogens is 184 g/mol. The Morgan fingerprint density at radius 3 is 3.11 bits per heavy atom. The van der Waals surface area contributed by atoms with Crippen LogP contribution in [0.1, 0.15) is 19.3 Å². The second-order valence-corrected chi connectivity index (χ2v) is 3.44. The average molecular weight is 193 g/mol. The third kappa shape index (κ3) is 2.35. The van der Waals surface area contributed by atoms with Crippen molar-refractivity contribution >= 4 is 21.9 Å². The molecule has 1 fully saturated rings. The molecule has 0 aliphatic carbocycles. The summed E-state index contributed by atoms with van der Waals surface area (Å²) in [5, 5.41) is 0. The van der Waals surface area contributed by atoms with E-state index >= 15 is 0 Å². The molecule has 0 N–H and O–H groups in total. The van der Waals surface area contributed by atoms with E-state index in [1.807, 2.05) is 0 Å². The van der Waals surface area contributed by atoms with Crippen molar-refractivity contribution in [1.82, 2.24) is 0 Å². The van der Waals surface area contributed by atoms with E-state index in [1.165, 1.54) is 0 Å². The van der Waals surface area contributed by atoms with Crippen molar-refractivity contribution in [2.75, 3.05) is 6.61 Å². The van der Waals surface area contributed by atoms with Crippen molar-refractivity contribution in [1.29, 1.82) is 0 Å². The fourth-order valence-electron chi connectivity index (χ4n) is 0.792. The molecule has 0 bridgehead atoms. The highest BCUT2D eigenvalue weighted by Crippen LogP contribution is 2.16. The molecule has 1 aliphatic rings. The van der Waals surface area contributed by atoms with Gasteiger partial charge < -0.3 is 4.74 Å². The molecule has 1 saturated heterocycles. The Balaban J connectivity index is 2.34. The lowest BCUT2D eigenvalue weighted by atomic mass is 10.2. The molecule has 1 atom stereocenters. The van der Waals surface area contributed by atoms with Crippen molar-refractivity contribution in [2.45, 2.75) is 24.1 Å². The molecule has 0 aromatic heterocycles. The maximum atomic E-state index is 10.6. The number of cyclic esters (lactones) is 1. The fraction of sp³-hybridized carbons (Fsp3) is 0.833. The van der Waals surface area contributed by atoms with E-state index in [0.717, 1.165) is 12.8 Å². The summed E-state index contributed by atoms with van der Waals surface area (Å²) < 4.78 is 4.80. The van der Waals surface area contributed by atoms with E-state index in [9.17, 15) is 4.79 Å². The van der Waals surface area contributed by atoms with E-state index in [-0.39, 0.29) is 5.97 Å². The Bertz CT molecular complexity index is 114. The van der Waals surface area contributed by atoms with Gasteiger partial charge in [-0.3, -0.25) is 4.79 Å². The lowest BCUT2D eigenvalue weighted by Crippen LogP contribution is -2.00. The van der Waals surface area contributed by atoms with Gasteiger partial charge in [0.1, 0.15) is 0 Å². The van der Waals surface area contributed by atoms with E-state index in [4.69, 9.17) is 4.74 Å². The molecule has 0 spiro atoms. The third-order valence-electron chi connectivity index (χ3n) is 1.36. The first-order valence-corrected chi connectivity index (χ1v) is 4.00. The standard InChI is InChI=1S/C6H9BrO2/c7-5-1-2-6(8)9-4-3-5/h5H,1-4H2. The lowest BCUT2D eigenvalue weighted by Gasteiger charge is -1.98. The van der Waals surface area contributed by atoms with Gasteiger partial charge in [-0.1, -0.05) is 15.9 Å². The predicted octanol–water partition coefficient (Wildman–Crippen LogP) is 1.48. The second-order valence-electron chi connectivity index (χ2n) is 2.15. The SMILES string of the molecule is O=C1CCC(Br)CCO1. The summed E-state index contributed by atoms with van der Waals surface area (Å²) in [5.41, 5.74) is 0. The summed E-state index contributed by atoms with van der Waals surface area (Å²) in [5.74, 6) is -0.0584. The molecule has 1 heterocycles. The first kappa shape index (κ1) is 7.06. The third-order valence-corrected chi connectivity index (χ3v) is 2.27.